The Morgan fingerprint density at radius 2 is 1.76 bits per heavy atom. The third kappa shape index (κ3) is 3.05. The lowest BCUT2D eigenvalue weighted by Crippen LogP contribution is -1.93. The van der Waals surface area contributed by atoms with Gasteiger partial charge in [0.2, 0.25) is 0 Å². The highest BCUT2D eigenvalue weighted by molar-refractivity contribution is 7.14. The molecule has 2 aromatic carbocycles. The summed E-state index contributed by atoms with van der Waals surface area (Å²) in [5.41, 5.74) is 3.77. The molecule has 0 spiro atoms. The van der Waals surface area contributed by atoms with Crippen LogP contribution in [-0.4, -0.2) is 4.98 Å². The zero-order valence-electron chi connectivity index (χ0n) is 11.2. The molecule has 0 amide bonds. The van der Waals surface area contributed by atoms with Crippen molar-refractivity contribution in [3.05, 3.63) is 63.5 Å². The topological polar surface area (TPSA) is 24.9 Å². The minimum absolute atomic E-state index is 0.702. The number of halogens is 2. The average molecular weight is 335 g/mol. The van der Waals surface area contributed by atoms with Crippen LogP contribution in [0.3, 0.4) is 0 Å². The summed E-state index contributed by atoms with van der Waals surface area (Å²) < 4.78 is 0. The lowest BCUT2D eigenvalue weighted by Gasteiger charge is -2.07. The van der Waals surface area contributed by atoms with E-state index in [4.69, 9.17) is 23.2 Å². The number of hydrogen-bond acceptors (Lipinski definition) is 3. The van der Waals surface area contributed by atoms with Gasteiger partial charge in [0.1, 0.15) is 0 Å². The van der Waals surface area contributed by atoms with E-state index in [1.807, 2.05) is 54.8 Å². The van der Waals surface area contributed by atoms with Crippen LogP contribution in [0.2, 0.25) is 10.0 Å². The van der Waals surface area contributed by atoms with E-state index in [0.717, 1.165) is 32.7 Å². The molecule has 21 heavy (non-hydrogen) atoms. The van der Waals surface area contributed by atoms with Gasteiger partial charge in [0.25, 0.3) is 0 Å². The maximum atomic E-state index is 6.20. The molecule has 0 saturated carbocycles. The van der Waals surface area contributed by atoms with Crippen LogP contribution in [-0.2, 0) is 0 Å². The molecule has 0 saturated heterocycles. The molecule has 106 valence electrons. The van der Waals surface area contributed by atoms with Crippen molar-refractivity contribution in [1.29, 1.82) is 0 Å². The van der Waals surface area contributed by atoms with Gasteiger partial charge in [0, 0.05) is 26.7 Å². The molecular formula is C16H12Cl2N2S. The van der Waals surface area contributed by atoms with Gasteiger partial charge in [-0.05, 0) is 30.7 Å². The van der Waals surface area contributed by atoms with Gasteiger partial charge in [0.15, 0.2) is 5.13 Å². The Labute approximate surface area is 137 Å². The van der Waals surface area contributed by atoms with E-state index < -0.39 is 0 Å². The maximum absolute atomic E-state index is 6.20. The van der Waals surface area contributed by atoms with Crippen LogP contribution in [0.4, 0.5) is 10.8 Å². The normalized spacial score (nSPS) is 10.6. The van der Waals surface area contributed by atoms with Crippen molar-refractivity contribution in [1.82, 2.24) is 4.98 Å². The summed E-state index contributed by atoms with van der Waals surface area (Å²) in [6.45, 7) is 1.98. The Kier molecular flexibility index (Phi) is 4.15. The van der Waals surface area contributed by atoms with Gasteiger partial charge in [-0.25, -0.2) is 4.98 Å². The highest BCUT2D eigenvalue weighted by atomic mass is 35.5. The summed E-state index contributed by atoms with van der Waals surface area (Å²) in [7, 11) is 0. The Morgan fingerprint density at radius 1 is 1.00 bits per heavy atom. The van der Waals surface area contributed by atoms with E-state index in [1.165, 1.54) is 11.3 Å². The molecule has 0 bridgehead atoms. The van der Waals surface area contributed by atoms with Crippen LogP contribution >= 0.6 is 34.5 Å². The first-order chi connectivity index (χ1) is 10.1. The fourth-order valence-electron chi connectivity index (χ4n) is 1.98. The molecule has 0 aliphatic heterocycles. The molecule has 0 unspecified atom stereocenters. The highest BCUT2D eigenvalue weighted by Crippen LogP contribution is 2.32. The quantitative estimate of drug-likeness (QED) is 0.619. The van der Waals surface area contributed by atoms with Crippen LogP contribution < -0.4 is 5.32 Å². The first kappa shape index (κ1) is 14.4. The Morgan fingerprint density at radius 3 is 2.57 bits per heavy atom. The summed E-state index contributed by atoms with van der Waals surface area (Å²) in [5, 5.41) is 7.55. The number of aromatic nitrogens is 1. The Hall–Kier alpha value is -1.55. The van der Waals surface area contributed by atoms with Gasteiger partial charge in [-0.2, -0.15) is 0 Å². The van der Waals surface area contributed by atoms with Crippen LogP contribution in [0.25, 0.3) is 11.3 Å². The Bertz CT molecular complexity index is 783. The largest absolute Gasteiger partial charge is 0.331 e. The van der Waals surface area contributed by atoms with E-state index in [-0.39, 0.29) is 0 Å². The minimum atomic E-state index is 0.702. The number of hydrogen-bond donors (Lipinski definition) is 1. The average Bonchev–Trinajstić information content (AvgIpc) is 2.93. The van der Waals surface area contributed by atoms with Gasteiger partial charge < -0.3 is 5.32 Å². The second kappa shape index (κ2) is 6.06. The molecule has 1 aromatic heterocycles. The van der Waals surface area contributed by atoms with E-state index >= 15 is 0 Å². The van der Waals surface area contributed by atoms with Crippen molar-refractivity contribution in [2.75, 3.05) is 5.32 Å². The lowest BCUT2D eigenvalue weighted by molar-refractivity contribution is 1.36. The van der Waals surface area contributed by atoms with Crippen molar-refractivity contribution >= 4 is 45.4 Å². The van der Waals surface area contributed by atoms with Crippen molar-refractivity contribution in [2.24, 2.45) is 0 Å². The number of thiazole rings is 1. The third-order valence-electron chi connectivity index (χ3n) is 3.16. The third-order valence-corrected chi connectivity index (χ3v) is 4.66. The van der Waals surface area contributed by atoms with Crippen LogP contribution in [0.1, 0.15) is 5.56 Å². The van der Waals surface area contributed by atoms with E-state index in [9.17, 15) is 0 Å². The maximum Gasteiger partial charge on any atom is 0.187 e. The predicted molar refractivity (Wildman–Crippen MR) is 92.0 cm³/mol. The minimum Gasteiger partial charge on any atom is -0.331 e. The first-order valence-corrected chi connectivity index (χ1v) is 8.01. The fourth-order valence-corrected chi connectivity index (χ4v) is 3.11. The lowest BCUT2D eigenvalue weighted by atomic mass is 10.2. The molecule has 3 aromatic rings. The van der Waals surface area contributed by atoms with Gasteiger partial charge in [-0.15, -0.1) is 11.3 Å². The fraction of sp³-hybridized carbons (Fsp3) is 0.0625. The molecule has 1 heterocycles. The molecule has 0 aliphatic carbocycles. The molecule has 5 heteroatoms. The standard InChI is InChI=1S/C16H12Cl2N2S/c1-10-12(17)7-4-8-14(10)19-16-20-15(9-21-16)11-5-2-3-6-13(11)18/h2-9H,1H3,(H,19,20). The molecule has 0 atom stereocenters. The molecule has 0 radical (unpaired) electrons. The summed E-state index contributed by atoms with van der Waals surface area (Å²) in [4.78, 5) is 4.59. The van der Waals surface area contributed by atoms with Crippen molar-refractivity contribution in [3.63, 3.8) is 0 Å². The summed E-state index contributed by atoms with van der Waals surface area (Å²) in [6, 6.07) is 13.5. The van der Waals surface area contributed by atoms with E-state index in [0.29, 0.717) is 5.02 Å². The van der Waals surface area contributed by atoms with Crippen LogP contribution in [0.15, 0.2) is 47.8 Å². The molecule has 1 N–H and O–H groups in total. The SMILES string of the molecule is Cc1c(Cl)cccc1Nc1nc(-c2ccccc2Cl)cs1. The molecular weight excluding hydrogens is 323 g/mol. The van der Waals surface area contributed by atoms with Crippen molar-refractivity contribution in [2.45, 2.75) is 6.92 Å². The summed E-state index contributed by atoms with van der Waals surface area (Å²) in [6.07, 6.45) is 0. The number of nitrogens with one attached hydrogen (secondary N) is 1. The highest BCUT2D eigenvalue weighted by Gasteiger charge is 2.09. The number of benzene rings is 2. The van der Waals surface area contributed by atoms with Crippen molar-refractivity contribution < 1.29 is 0 Å². The first-order valence-electron chi connectivity index (χ1n) is 6.38. The van der Waals surface area contributed by atoms with Gasteiger partial charge in [-0.1, -0.05) is 47.5 Å². The van der Waals surface area contributed by atoms with Gasteiger partial charge >= 0.3 is 0 Å². The zero-order chi connectivity index (χ0) is 14.8. The Balaban J connectivity index is 1.89. The second-order valence-electron chi connectivity index (χ2n) is 4.56. The monoisotopic (exact) mass is 334 g/mol. The van der Waals surface area contributed by atoms with Crippen LogP contribution in [0.5, 0.6) is 0 Å². The number of anilines is 2. The molecule has 3 rings (SSSR count). The smallest absolute Gasteiger partial charge is 0.187 e. The summed E-state index contributed by atoms with van der Waals surface area (Å²) in [5.74, 6) is 0. The molecule has 0 fully saturated rings. The predicted octanol–water partition coefficient (Wildman–Crippen LogP) is 6.17. The van der Waals surface area contributed by atoms with E-state index in [2.05, 4.69) is 10.3 Å². The number of rotatable bonds is 3. The van der Waals surface area contributed by atoms with Crippen molar-refractivity contribution in [3.8, 4) is 11.3 Å². The van der Waals surface area contributed by atoms with E-state index in [1.54, 1.807) is 0 Å². The van der Waals surface area contributed by atoms with Crippen LogP contribution in [0, 0.1) is 6.92 Å². The second-order valence-corrected chi connectivity index (χ2v) is 6.23. The molecule has 0 aliphatic rings. The van der Waals surface area contributed by atoms with Gasteiger partial charge in [-0.3, -0.25) is 0 Å². The number of nitrogens with zero attached hydrogens (tertiary/aromatic N) is 1. The summed E-state index contributed by atoms with van der Waals surface area (Å²) >= 11 is 13.9. The zero-order valence-corrected chi connectivity index (χ0v) is 13.6. The molecule has 2 nitrogen and oxygen atoms in total. The van der Waals surface area contributed by atoms with Gasteiger partial charge in [0.05, 0.1) is 5.69 Å².